The summed E-state index contributed by atoms with van der Waals surface area (Å²) < 4.78 is 29.5. The maximum Gasteiger partial charge on any atom is 1.00 e. The summed E-state index contributed by atoms with van der Waals surface area (Å²) in [6.07, 6.45) is 3.39. The molecular weight excluding hydrogens is 463 g/mol. The Balaban J connectivity index is 0.00000324. The minimum absolute atomic E-state index is 0. The second-order valence-corrected chi connectivity index (χ2v) is 10.1. The molecule has 34 heavy (non-hydrogen) atoms. The first-order chi connectivity index (χ1) is 15.9. The number of aromatic carboxylic acids is 1. The van der Waals surface area contributed by atoms with Crippen LogP contribution in [0.25, 0.3) is 5.69 Å². The topological polar surface area (TPSA) is 82.4 Å². The van der Waals surface area contributed by atoms with Crippen LogP contribution in [-0.2, 0) is 16.6 Å². The zero-order valence-electron chi connectivity index (χ0n) is 18.6. The molecule has 166 valence electrons. The number of nitrogens with zero attached hydrogens (tertiary/aromatic N) is 2. The van der Waals surface area contributed by atoms with Gasteiger partial charge < -0.3 is 14.5 Å². The number of sulfonamides is 1. The van der Waals surface area contributed by atoms with Gasteiger partial charge in [0, 0.05) is 28.9 Å². The van der Waals surface area contributed by atoms with E-state index in [4.69, 9.17) is 0 Å². The predicted octanol–water partition coefficient (Wildman–Crippen LogP) is 0.415. The van der Waals surface area contributed by atoms with E-state index in [1.165, 1.54) is 17.4 Å². The van der Waals surface area contributed by atoms with Crippen LogP contribution in [0.4, 0.5) is 0 Å². The van der Waals surface area contributed by atoms with E-state index in [2.05, 4.69) is 12.0 Å². The third-order valence-electron chi connectivity index (χ3n) is 4.92. The fraction of sp³-hybridized carbons (Fsp3) is 0.0800. The van der Waals surface area contributed by atoms with Crippen LogP contribution in [0.5, 0.6) is 0 Å². The summed E-state index contributed by atoms with van der Waals surface area (Å²) in [4.78, 5) is 12.7. The van der Waals surface area contributed by atoms with Crippen molar-refractivity contribution in [1.29, 1.82) is 0 Å². The Labute approximate surface area is 214 Å². The van der Waals surface area contributed by atoms with Crippen molar-refractivity contribution in [3.63, 3.8) is 0 Å². The smallest absolute Gasteiger partial charge is 0.545 e. The second kappa shape index (κ2) is 10.8. The first-order valence-corrected chi connectivity index (χ1v) is 12.3. The number of carboxylic acids is 1. The molecule has 0 N–H and O–H groups in total. The van der Waals surface area contributed by atoms with E-state index in [1.54, 1.807) is 65.5 Å². The Morgan fingerprint density at radius 2 is 1.74 bits per heavy atom. The first-order valence-electron chi connectivity index (χ1n) is 9.97. The van der Waals surface area contributed by atoms with Crippen LogP contribution in [-0.4, -0.2) is 23.3 Å². The van der Waals surface area contributed by atoms with Crippen molar-refractivity contribution in [2.75, 3.05) is 0 Å². The maximum absolute atomic E-state index is 13.4. The van der Waals surface area contributed by atoms with Crippen LogP contribution in [0.1, 0.15) is 26.4 Å². The van der Waals surface area contributed by atoms with Gasteiger partial charge >= 0.3 is 18.9 Å². The molecule has 0 saturated heterocycles. The van der Waals surface area contributed by atoms with Gasteiger partial charge in [-0.05, 0) is 54.6 Å². The molecule has 0 radical (unpaired) electrons. The van der Waals surface area contributed by atoms with Gasteiger partial charge in [-0.25, -0.2) is 12.7 Å². The predicted molar refractivity (Wildman–Crippen MR) is 125 cm³/mol. The van der Waals surface area contributed by atoms with Gasteiger partial charge in [0.05, 0.1) is 28.7 Å². The largest absolute Gasteiger partial charge is 1.00 e. The van der Waals surface area contributed by atoms with Gasteiger partial charge in [-0.3, -0.25) is 0 Å². The van der Waals surface area contributed by atoms with Crippen molar-refractivity contribution in [2.24, 2.45) is 0 Å². The number of thiophene rings is 1. The quantitative estimate of drug-likeness (QED) is 0.227. The van der Waals surface area contributed by atoms with Crippen LogP contribution in [0.15, 0.2) is 89.4 Å². The Kier molecular flexibility index (Phi) is 8.09. The standard InChI is InChI=1S/C25H20N2O4S2.Li/c1-19-9-11-22(12-10-19)33(30,31)27(18-21-7-5-17-32-21)16-13-20-6-4-8-23(25(28)29)24(20)26-14-2-3-15-26;/h2-12,14-15,17H,18H2,1H3,(H,28,29);/q;+1/p-1. The minimum Gasteiger partial charge on any atom is -0.545 e. The van der Waals surface area contributed by atoms with Gasteiger partial charge in [-0.2, -0.15) is 0 Å². The average Bonchev–Trinajstić information content (AvgIpc) is 3.51. The van der Waals surface area contributed by atoms with Crippen LogP contribution in [0.2, 0.25) is 0 Å². The van der Waals surface area contributed by atoms with E-state index in [1.807, 2.05) is 24.4 Å². The fourth-order valence-electron chi connectivity index (χ4n) is 3.26. The van der Waals surface area contributed by atoms with Gasteiger partial charge in [0.15, 0.2) is 0 Å². The number of para-hydroxylation sites is 1. The fourth-order valence-corrected chi connectivity index (χ4v) is 5.24. The molecule has 0 aliphatic heterocycles. The number of carboxylic acid groups (broad SMARTS) is 1. The van der Waals surface area contributed by atoms with E-state index in [9.17, 15) is 18.3 Å². The van der Waals surface area contributed by atoms with Gasteiger partial charge in [0.1, 0.15) is 0 Å². The second-order valence-electron chi connectivity index (χ2n) is 7.22. The van der Waals surface area contributed by atoms with E-state index >= 15 is 0 Å². The summed E-state index contributed by atoms with van der Waals surface area (Å²) in [6, 6.07) is 21.2. The Hall–Kier alpha value is -3.20. The molecule has 0 spiro atoms. The normalized spacial score (nSPS) is 10.6. The molecule has 2 aromatic carbocycles. The molecule has 0 aliphatic carbocycles. The molecule has 6 nitrogen and oxygen atoms in total. The SMILES string of the molecule is Cc1ccc(S(=O)(=O)N(C#Cc2cccc(C(=O)[O-])c2-n2cccc2)Cc2cccs2)cc1.[Li+]. The zero-order valence-corrected chi connectivity index (χ0v) is 20.3. The summed E-state index contributed by atoms with van der Waals surface area (Å²) in [5.41, 5.74) is 1.59. The molecule has 0 amide bonds. The van der Waals surface area contributed by atoms with Crippen molar-refractivity contribution in [3.05, 3.63) is 106 Å². The van der Waals surface area contributed by atoms with Crippen molar-refractivity contribution >= 4 is 27.3 Å². The van der Waals surface area contributed by atoms with Crippen molar-refractivity contribution in [3.8, 4) is 17.7 Å². The Bertz CT molecular complexity index is 1440. The monoisotopic (exact) mass is 482 g/mol. The molecule has 0 aliphatic rings. The minimum atomic E-state index is -3.93. The Morgan fingerprint density at radius 3 is 2.35 bits per heavy atom. The van der Waals surface area contributed by atoms with Gasteiger partial charge in [0.25, 0.3) is 10.0 Å². The first kappa shape index (κ1) is 25.4. The summed E-state index contributed by atoms with van der Waals surface area (Å²) in [7, 11) is -3.93. The molecule has 0 saturated carbocycles. The van der Waals surface area contributed by atoms with Crippen molar-refractivity contribution in [1.82, 2.24) is 8.87 Å². The number of hydrogen-bond donors (Lipinski definition) is 0. The zero-order chi connectivity index (χ0) is 23.4. The average molecular weight is 483 g/mol. The molecule has 4 aromatic rings. The van der Waals surface area contributed by atoms with Crippen LogP contribution < -0.4 is 24.0 Å². The van der Waals surface area contributed by atoms with E-state index < -0.39 is 16.0 Å². The van der Waals surface area contributed by atoms with Crippen molar-refractivity contribution in [2.45, 2.75) is 18.4 Å². The van der Waals surface area contributed by atoms with Gasteiger partial charge in [-0.1, -0.05) is 35.9 Å². The summed E-state index contributed by atoms with van der Waals surface area (Å²) in [5.74, 6) is 1.54. The van der Waals surface area contributed by atoms with Crippen molar-refractivity contribution < 1.29 is 37.2 Å². The maximum atomic E-state index is 13.4. The van der Waals surface area contributed by atoms with E-state index in [-0.39, 0.29) is 35.9 Å². The van der Waals surface area contributed by atoms with E-state index in [0.29, 0.717) is 11.3 Å². The molecule has 2 aromatic heterocycles. The molecule has 2 heterocycles. The summed E-state index contributed by atoms with van der Waals surface area (Å²) in [5, 5.41) is 13.6. The molecule has 0 bridgehead atoms. The number of rotatable bonds is 6. The number of hydrogen-bond acceptors (Lipinski definition) is 5. The molecule has 4 rings (SSSR count). The summed E-state index contributed by atoms with van der Waals surface area (Å²) in [6.45, 7) is 1.95. The molecule has 0 unspecified atom stereocenters. The third-order valence-corrected chi connectivity index (χ3v) is 7.45. The van der Waals surface area contributed by atoms with Crippen LogP contribution >= 0.6 is 11.3 Å². The number of carbonyl (C=O) groups excluding carboxylic acids is 1. The molecule has 9 heteroatoms. The van der Waals surface area contributed by atoms with Gasteiger partial charge in [0.2, 0.25) is 0 Å². The van der Waals surface area contributed by atoms with Gasteiger partial charge in [-0.15, -0.1) is 11.3 Å². The van der Waals surface area contributed by atoms with E-state index in [0.717, 1.165) is 14.7 Å². The van der Waals surface area contributed by atoms with Crippen LogP contribution in [0.3, 0.4) is 0 Å². The number of carbonyl (C=O) groups is 1. The number of aromatic nitrogens is 1. The molecular formula is C25H19LiN2O4S2. The molecule has 0 atom stereocenters. The number of aryl methyl sites for hydroxylation is 1. The Morgan fingerprint density at radius 1 is 1.03 bits per heavy atom. The number of benzene rings is 2. The van der Waals surface area contributed by atoms with Crippen LogP contribution in [0, 0.1) is 18.9 Å². The third kappa shape index (κ3) is 5.47. The summed E-state index contributed by atoms with van der Waals surface area (Å²) >= 11 is 1.43. The molecule has 0 fully saturated rings.